The van der Waals surface area contributed by atoms with E-state index in [9.17, 15) is 4.79 Å². The largest absolute Gasteiger partial charge is 0.497 e. The second-order valence-electron chi connectivity index (χ2n) is 7.63. The van der Waals surface area contributed by atoms with E-state index in [-0.39, 0.29) is 5.91 Å². The normalized spacial score (nSPS) is 15.9. The molecule has 1 amide bonds. The van der Waals surface area contributed by atoms with Crippen molar-refractivity contribution in [2.45, 2.75) is 0 Å². The number of fused-ring (bicyclic) bond motifs is 2. The average molecular weight is 432 g/mol. The fourth-order valence-corrected chi connectivity index (χ4v) is 3.96. The number of carbonyl (C=O) groups excluding carboxylic acids is 1. The van der Waals surface area contributed by atoms with Crippen LogP contribution in [0.25, 0.3) is 17.0 Å². The number of rotatable bonds is 4. The standard InChI is InChI=1S/C24H24N4O4/c1-30-18-5-2-17(3-6-18)4-7-23(29)27-8-10-28(11-9-27)24-19-14-21-22(32-13-12-31-21)15-20(19)25-16-26-24/h2-7,14-16H,8-13H2,1H3/b7-4+. The van der Waals surface area contributed by atoms with Gasteiger partial charge in [0, 0.05) is 43.7 Å². The van der Waals surface area contributed by atoms with Crippen molar-refractivity contribution >= 4 is 28.7 Å². The molecular weight excluding hydrogens is 408 g/mol. The summed E-state index contributed by atoms with van der Waals surface area (Å²) < 4.78 is 16.6. The van der Waals surface area contributed by atoms with Gasteiger partial charge in [0.15, 0.2) is 11.5 Å². The molecule has 1 aromatic heterocycles. The molecule has 1 fully saturated rings. The highest BCUT2D eigenvalue weighted by Crippen LogP contribution is 2.36. The predicted octanol–water partition coefficient (Wildman–Crippen LogP) is 2.77. The monoisotopic (exact) mass is 432 g/mol. The molecule has 8 heteroatoms. The second-order valence-corrected chi connectivity index (χ2v) is 7.63. The molecule has 3 heterocycles. The molecule has 0 radical (unpaired) electrons. The maximum Gasteiger partial charge on any atom is 0.246 e. The van der Waals surface area contributed by atoms with Gasteiger partial charge in [-0.15, -0.1) is 0 Å². The smallest absolute Gasteiger partial charge is 0.246 e. The highest BCUT2D eigenvalue weighted by Gasteiger charge is 2.23. The Balaban J connectivity index is 1.26. The lowest BCUT2D eigenvalue weighted by molar-refractivity contribution is -0.126. The third-order valence-corrected chi connectivity index (χ3v) is 5.70. The van der Waals surface area contributed by atoms with Crippen LogP contribution in [0.2, 0.25) is 0 Å². The van der Waals surface area contributed by atoms with Gasteiger partial charge in [-0.1, -0.05) is 12.1 Å². The quantitative estimate of drug-likeness (QED) is 0.587. The minimum Gasteiger partial charge on any atom is -0.497 e. The van der Waals surface area contributed by atoms with Gasteiger partial charge in [0.25, 0.3) is 0 Å². The van der Waals surface area contributed by atoms with Crippen molar-refractivity contribution < 1.29 is 19.0 Å². The number of amides is 1. The molecule has 2 aliphatic rings. The Labute approximate surface area is 186 Å². The molecule has 164 valence electrons. The molecule has 0 spiro atoms. The molecular formula is C24H24N4O4. The fraction of sp³-hybridized carbons (Fsp3) is 0.292. The van der Waals surface area contributed by atoms with Crippen molar-refractivity contribution in [2.24, 2.45) is 0 Å². The molecule has 32 heavy (non-hydrogen) atoms. The molecule has 3 aromatic rings. The molecule has 0 unspecified atom stereocenters. The first-order chi connectivity index (χ1) is 15.7. The maximum absolute atomic E-state index is 12.7. The summed E-state index contributed by atoms with van der Waals surface area (Å²) in [6, 6.07) is 11.5. The minimum absolute atomic E-state index is 0.00707. The van der Waals surface area contributed by atoms with Crippen LogP contribution in [0.15, 0.2) is 48.8 Å². The van der Waals surface area contributed by atoms with Crippen LogP contribution in [0, 0.1) is 0 Å². The third kappa shape index (κ3) is 4.03. The Morgan fingerprint density at radius 2 is 1.72 bits per heavy atom. The van der Waals surface area contributed by atoms with Crippen LogP contribution in [-0.4, -0.2) is 67.3 Å². The van der Waals surface area contributed by atoms with Gasteiger partial charge in [-0.25, -0.2) is 9.97 Å². The average Bonchev–Trinajstić information content (AvgIpc) is 2.86. The number of benzene rings is 2. The molecule has 0 aliphatic carbocycles. The molecule has 5 rings (SSSR count). The summed E-state index contributed by atoms with van der Waals surface area (Å²) in [5, 5.41) is 0.927. The second kappa shape index (κ2) is 8.74. The van der Waals surface area contributed by atoms with Crippen LogP contribution in [-0.2, 0) is 4.79 Å². The lowest BCUT2D eigenvalue weighted by Crippen LogP contribution is -2.48. The topological polar surface area (TPSA) is 77.0 Å². The van der Waals surface area contributed by atoms with Crippen molar-refractivity contribution in [2.75, 3.05) is 51.4 Å². The molecule has 1 saturated heterocycles. The van der Waals surface area contributed by atoms with E-state index in [1.165, 1.54) is 0 Å². The van der Waals surface area contributed by atoms with Crippen LogP contribution in [0.3, 0.4) is 0 Å². The summed E-state index contributed by atoms with van der Waals surface area (Å²) in [4.78, 5) is 25.6. The Hall–Kier alpha value is -3.81. The summed E-state index contributed by atoms with van der Waals surface area (Å²) in [7, 11) is 1.63. The van der Waals surface area contributed by atoms with Gasteiger partial charge < -0.3 is 24.0 Å². The van der Waals surface area contributed by atoms with E-state index >= 15 is 0 Å². The van der Waals surface area contributed by atoms with E-state index in [1.807, 2.05) is 47.4 Å². The molecule has 0 atom stereocenters. The Morgan fingerprint density at radius 1 is 1.00 bits per heavy atom. The summed E-state index contributed by atoms with van der Waals surface area (Å²) in [6.07, 6.45) is 5.03. The van der Waals surface area contributed by atoms with E-state index in [2.05, 4.69) is 14.9 Å². The number of nitrogens with zero attached hydrogens (tertiary/aromatic N) is 4. The first-order valence-electron chi connectivity index (χ1n) is 10.6. The van der Waals surface area contributed by atoms with Crippen molar-refractivity contribution in [1.29, 1.82) is 0 Å². The first-order valence-corrected chi connectivity index (χ1v) is 10.6. The lowest BCUT2D eigenvalue weighted by Gasteiger charge is -2.35. The summed E-state index contributed by atoms with van der Waals surface area (Å²) in [6.45, 7) is 3.72. The van der Waals surface area contributed by atoms with Crippen LogP contribution < -0.4 is 19.1 Å². The SMILES string of the molecule is COc1ccc(/C=C/C(=O)N2CCN(c3ncnc4cc5c(cc34)OCCO5)CC2)cc1. The number of hydrogen-bond acceptors (Lipinski definition) is 7. The van der Waals surface area contributed by atoms with E-state index < -0.39 is 0 Å². The number of hydrogen-bond donors (Lipinski definition) is 0. The van der Waals surface area contributed by atoms with Gasteiger partial charge in [-0.05, 0) is 29.8 Å². The van der Waals surface area contributed by atoms with Crippen LogP contribution in [0.5, 0.6) is 17.2 Å². The van der Waals surface area contributed by atoms with E-state index in [0.717, 1.165) is 33.8 Å². The summed E-state index contributed by atoms with van der Waals surface area (Å²) in [5.74, 6) is 3.09. The van der Waals surface area contributed by atoms with Crippen LogP contribution in [0.1, 0.15) is 5.56 Å². The van der Waals surface area contributed by atoms with Gasteiger partial charge in [0.05, 0.1) is 12.6 Å². The summed E-state index contributed by atoms with van der Waals surface area (Å²) >= 11 is 0. The molecule has 0 saturated carbocycles. The molecule has 0 bridgehead atoms. The zero-order valence-electron chi connectivity index (χ0n) is 17.9. The van der Waals surface area contributed by atoms with Gasteiger partial charge in [-0.3, -0.25) is 4.79 Å². The van der Waals surface area contributed by atoms with Crippen molar-refractivity contribution in [1.82, 2.24) is 14.9 Å². The highest BCUT2D eigenvalue weighted by atomic mass is 16.6. The zero-order valence-corrected chi connectivity index (χ0v) is 17.9. The predicted molar refractivity (Wildman–Crippen MR) is 121 cm³/mol. The number of carbonyl (C=O) groups is 1. The summed E-state index contributed by atoms with van der Waals surface area (Å²) in [5.41, 5.74) is 1.78. The molecule has 2 aromatic carbocycles. The fourth-order valence-electron chi connectivity index (χ4n) is 3.96. The Morgan fingerprint density at radius 3 is 2.44 bits per heavy atom. The van der Waals surface area contributed by atoms with Gasteiger partial charge in [-0.2, -0.15) is 0 Å². The first kappa shape index (κ1) is 20.1. The van der Waals surface area contributed by atoms with Crippen molar-refractivity contribution in [3.63, 3.8) is 0 Å². The third-order valence-electron chi connectivity index (χ3n) is 5.70. The molecule has 8 nitrogen and oxygen atoms in total. The van der Waals surface area contributed by atoms with Crippen LogP contribution >= 0.6 is 0 Å². The Bertz CT molecular complexity index is 1150. The van der Waals surface area contributed by atoms with Crippen molar-refractivity contribution in [3.05, 3.63) is 54.4 Å². The number of methoxy groups -OCH3 is 1. The number of piperazine rings is 1. The Kier molecular flexibility index (Phi) is 5.49. The molecule has 2 aliphatic heterocycles. The number of ether oxygens (including phenoxy) is 3. The number of anilines is 1. The van der Waals surface area contributed by atoms with E-state index in [4.69, 9.17) is 14.2 Å². The zero-order chi connectivity index (χ0) is 21.9. The minimum atomic E-state index is 0.00707. The maximum atomic E-state index is 12.7. The van der Waals surface area contributed by atoms with Gasteiger partial charge in [0.2, 0.25) is 5.91 Å². The van der Waals surface area contributed by atoms with E-state index in [0.29, 0.717) is 45.1 Å². The van der Waals surface area contributed by atoms with Gasteiger partial charge in [0.1, 0.15) is 31.1 Å². The molecule has 0 N–H and O–H groups in total. The highest BCUT2D eigenvalue weighted by molar-refractivity contribution is 5.93. The van der Waals surface area contributed by atoms with Crippen molar-refractivity contribution in [3.8, 4) is 17.2 Å². The van der Waals surface area contributed by atoms with E-state index in [1.54, 1.807) is 19.5 Å². The lowest BCUT2D eigenvalue weighted by atomic mass is 10.1. The van der Waals surface area contributed by atoms with Gasteiger partial charge >= 0.3 is 0 Å². The van der Waals surface area contributed by atoms with Crippen LogP contribution in [0.4, 0.5) is 5.82 Å². The number of aromatic nitrogens is 2.